The van der Waals surface area contributed by atoms with Gasteiger partial charge in [-0.15, -0.1) is 0 Å². The standard InChI is InChI=1S/C31H46O8Si/c1-31(2,3)40(6,7)37-19-11-18-34-28-27(35-20-22-14-16-24(32-4)17-15-22)26-25(38-30(28)33-5)21-36-29(39-26)23-12-9-8-10-13-23/h8-10,12-17,25-30H,11,18-21H2,1-7H3/t25-,26-,27?,28-,29?,30+/m1/s1. The Kier molecular flexibility index (Phi) is 10.8. The maximum atomic E-state index is 6.57. The number of hydrogen-bond acceptors (Lipinski definition) is 8. The van der Waals surface area contributed by atoms with E-state index in [1.807, 2.05) is 54.6 Å². The van der Waals surface area contributed by atoms with Crippen molar-refractivity contribution in [3.63, 3.8) is 0 Å². The van der Waals surface area contributed by atoms with Crippen LogP contribution in [-0.2, 0) is 39.5 Å². The topological polar surface area (TPSA) is 73.8 Å². The maximum Gasteiger partial charge on any atom is 0.191 e. The highest BCUT2D eigenvalue weighted by Crippen LogP contribution is 2.38. The fourth-order valence-corrected chi connectivity index (χ4v) is 5.71. The molecule has 40 heavy (non-hydrogen) atoms. The van der Waals surface area contributed by atoms with Crippen molar-refractivity contribution in [1.82, 2.24) is 0 Å². The molecule has 0 saturated carbocycles. The molecular formula is C31H46O8Si. The lowest BCUT2D eigenvalue weighted by atomic mass is 9.97. The Labute approximate surface area is 240 Å². The molecule has 4 rings (SSSR count). The molecule has 2 heterocycles. The predicted molar refractivity (Wildman–Crippen MR) is 155 cm³/mol. The summed E-state index contributed by atoms with van der Waals surface area (Å²) < 4.78 is 49.2. The van der Waals surface area contributed by atoms with Crippen molar-refractivity contribution in [2.75, 3.05) is 34.0 Å². The molecule has 8 nitrogen and oxygen atoms in total. The third-order valence-corrected chi connectivity index (χ3v) is 12.6. The van der Waals surface area contributed by atoms with Crippen molar-refractivity contribution in [2.24, 2.45) is 0 Å². The minimum absolute atomic E-state index is 0.164. The lowest BCUT2D eigenvalue weighted by Gasteiger charge is -2.48. The van der Waals surface area contributed by atoms with Gasteiger partial charge in [-0.3, -0.25) is 0 Å². The van der Waals surface area contributed by atoms with Gasteiger partial charge in [0.25, 0.3) is 0 Å². The largest absolute Gasteiger partial charge is 0.497 e. The SMILES string of the molecule is COc1ccc(COC2[C@@H](OCCCO[Si](C)(C)C(C)(C)C)[C@@H](OC)O[C@@H]3COC(c4ccccc4)O[C@@H]23)cc1. The molecule has 2 aromatic rings. The average Bonchev–Trinajstić information content (AvgIpc) is 2.95. The number of fused-ring (bicyclic) bond motifs is 1. The number of hydrogen-bond donors (Lipinski definition) is 0. The molecule has 9 heteroatoms. The molecular weight excluding hydrogens is 528 g/mol. The second-order valence-electron chi connectivity index (χ2n) is 11.9. The van der Waals surface area contributed by atoms with Gasteiger partial charge in [-0.25, -0.2) is 0 Å². The van der Waals surface area contributed by atoms with E-state index in [2.05, 4.69) is 33.9 Å². The fraction of sp³-hybridized carbons (Fsp3) is 0.613. The summed E-state index contributed by atoms with van der Waals surface area (Å²) in [7, 11) is 1.46. The predicted octanol–water partition coefficient (Wildman–Crippen LogP) is 5.86. The van der Waals surface area contributed by atoms with E-state index in [4.69, 9.17) is 37.6 Å². The molecule has 6 atom stereocenters. The maximum absolute atomic E-state index is 6.57. The summed E-state index contributed by atoms with van der Waals surface area (Å²) in [4.78, 5) is 0. The van der Waals surface area contributed by atoms with Crippen molar-refractivity contribution in [3.05, 3.63) is 65.7 Å². The Morgan fingerprint density at radius 2 is 1.60 bits per heavy atom. The highest BCUT2D eigenvalue weighted by atomic mass is 28.4. The molecule has 2 unspecified atom stereocenters. The molecule has 2 aromatic carbocycles. The number of ether oxygens (including phenoxy) is 7. The van der Waals surface area contributed by atoms with Crippen LogP contribution >= 0.6 is 0 Å². The van der Waals surface area contributed by atoms with Crippen LogP contribution in [0.1, 0.15) is 44.6 Å². The summed E-state index contributed by atoms with van der Waals surface area (Å²) in [5, 5.41) is 0.164. The number of methoxy groups -OCH3 is 2. The average molecular weight is 575 g/mol. The van der Waals surface area contributed by atoms with Crippen molar-refractivity contribution < 1.29 is 37.6 Å². The van der Waals surface area contributed by atoms with E-state index in [1.54, 1.807) is 14.2 Å². The van der Waals surface area contributed by atoms with E-state index in [-0.39, 0.29) is 11.1 Å². The van der Waals surface area contributed by atoms with Crippen LogP contribution < -0.4 is 4.74 Å². The quantitative estimate of drug-likeness (QED) is 0.231. The van der Waals surface area contributed by atoms with Gasteiger partial charge < -0.3 is 37.6 Å². The Morgan fingerprint density at radius 3 is 2.25 bits per heavy atom. The zero-order chi connectivity index (χ0) is 28.8. The van der Waals surface area contributed by atoms with E-state index in [1.165, 1.54) is 0 Å². The molecule has 2 fully saturated rings. The second kappa shape index (κ2) is 13.9. The highest BCUT2D eigenvalue weighted by molar-refractivity contribution is 6.74. The Morgan fingerprint density at radius 1 is 0.875 bits per heavy atom. The first-order valence-corrected chi connectivity index (χ1v) is 17.0. The molecule has 0 N–H and O–H groups in total. The summed E-state index contributed by atoms with van der Waals surface area (Å²) in [6, 6.07) is 17.8. The Hall–Kier alpha value is -1.82. The lowest BCUT2D eigenvalue weighted by Crippen LogP contribution is -2.63. The minimum atomic E-state index is -1.82. The molecule has 0 spiro atoms. The molecule has 2 aliphatic heterocycles. The summed E-state index contributed by atoms with van der Waals surface area (Å²) in [5.74, 6) is 0.800. The van der Waals surface area contributed by atoms with Crippen molar-refractivity contribution in [2.45, 2.75) is 88.9 Å². The number of benzene rings is 2. The second-order valence-corrected chi connectivity index (χ2v) is 16.7. The summed E-state index contributed by atoms with van der Waals surface area (Å²) in [5.41, 5.74) is 1.97. The van der Waals surface area contributed by atoms with Gasteiger partial charge in [0.1, 0.15) is 30.2 Å². The van der Waals surface area contributed by atoms with E-state index in [0.29, 0.717) is 26.4 Å². The third kappa shape index (κ3) is 7.71. The van der Waals surface area contributed by atoms with Gasteiger partial charge in [0, 0.05) is 25.9 Å². The molecule has 0 aliphatic carbocycles. The van der Waals surface area contributed by atoms with Gasteiger partial charge in [-0.2, -0.15) is 0 Å². The third-order valence-electron chi connectivity index (χ3n) is 8.06. The van der Waals surface area contributed by atoms with Crippen LogP contribution in [0, 0.1) is 0 Å². The summed E-state index contributed by atoms with van der Waals surface area (Å²) in [6.07, 6.45) is -2.08. The fourth-order valence-electron chi connectivity index (χ4n) is 4.62. The summed E-state index contributed by atoms with van der Waals surface area (Å²) in [6.45, 7) is 13.1. The first kappa shape index (κ1) is 31.1. The van der Waals surface area contributed by atoms with E-state index in [9.17, 15) is 0 Å². The normalized spacial score (nSPS) is 27.3. The van der Waals surface area contributed by atoms with Gasteiger partial charge in [0.05, 0.1) is 20.3 Å². The number of rotatable bonds is 12. The zero-order valence-corrected chi connectivity index (χ0v) is 26.0. The van der Waals surface area contributed by atoms with E-state index in [0.717, 1.165) is 23.3 Å². The van der Waals surface area contributed by atoms with E-state index >= 15 is 0 Å². The highest BCUT2D eigenvalue weighted by Gasteiger charge is 2.51. The van der Waals surface area contributed by atoms with Gasteiger partial charge >= 0.3 is 0 Å². The first-order valence-electron chi connectivity index (χ1n) is 14.1. The van der Waals surface area contributed by atoms with Crippen molar-refractivity contribution in [1.29, 1.82) is 0 Å². The van der Waals surface area contributed by atoms with Gasteiger partial charge in [0.2, 0.25) is 0 Å². The van der Waals surface area contributed by atoms with Crippen LogP contribution in [0.3, 0.4) is 0 Å². The Balaban J connectivity index is 1.47. The van der Waals surface area contributed by atoms with Crippen LogP contribution in [0.15, 0.2) is 54.6 Å². The molecule has 2 aliphatic rings. The first-order chi connectivity index (χ1) is 19.1. The van der Waals surface area contributed by atoms with Crippen LogP contribution in [0.5, 0.6) is 5.75 Å². The monoisotopic (exact) mass is 574 g/mol. The van der Waals surface area contributed by atoms with Crippen LogP contribution in [0.2, 0.25) is 18.1 Å². The molecule has 222 valence electrons. The molecule has 0 amide bonds. The minimum Gasteiger partial charge on any atom is -0.497 e. The van der Waals surface area contributed by atoms with Crippen molar-refractivity contribution in [3.8, 4) is 5.75 Å². The Bertz CT molecular complexity index is 1030. The zero-order valence-electron chi connectivity index (χ0n) is 25.0. The van der Waals surface area contributed by atoms with Crippen LogP contribution in [0.25, 0.3) is 0 Å². The lowest BCUT2D eigenvalue weighted by molar-refractivity contribution is -0.368. The smallest absolute Gasteiger partial charge is 0.191 e. The van der Waals surface area contributed by atoms with Crippen LogP contribution in [-0.4, -0.2) is 73.1 Å². The van der Waals surface area contributed by atoms with Gasteiger partial charge in [-0.1, -0.05) is 63.2 Å². The molecule has 0 radical (unpaired) electrons. The van der Waals surface area contributed by atoms with E-state index < -0.39 is 39.2 Å². The summed E-state index contributed by atoms with van der Waals surface area (Å²) >= 11 is 0. The molecule has 0 aromatic heterocycles. The molecule has 0 bridgehead atoms. The molecule has 2 saturated heterocycles. The van der Waals surface area contributed by atoms with Gasteiger partial charge in [-0.05, 0) is 42.2 Å². The van der Waals surface area contributed by atoms with Crippen LogP contribution in [0.4, 0.5) is 0 Å². The van der Waals surface area contributed by atoms with Gasteiger partial charge in [0.15, 0.2) is 20.9 Å². The van der Waals surface area contributed by atoms with Crippen molar-refractivity contribution >= 4 is 8.32 Å².